The summed E-state index contributed by atoms with van der Waals surface area (Å²) in [6, 6.07) is 7.96. The van der Waals surface area contributed by atoms with Crippen molar-refractivity contribution < 1.29 is 9.47 Å². The molecule has 1 heterocycles. The zero-order valence-electron chi connectivity index (χ0n) is 12.2. The van der Waals surface area contributed by atoms with Gasteiger partial charge in [-0.2, -0.15) is 0 Å². The van der Waals surface area contributed by atoms with Crippen molar-refractivity contribution in [2.45, 2.75) is 19.9 Å². The maximum absolute atomic E-state index is 5.74. The lowest BCUT2D eigenvalue weighted by Crippen LogP contribution is -2.28. The third kappa shape index (κ3) is 2.80. The number of thiophene rings is 1. The third-order valence-corrected chi connectivity index (χ3v) is 4.59. The first-order valence-corrected chi connectivity index (χ1v) is 7.17. The van der Waals surface area contributed by atoms with Gasteiger partial charge in [-0.15, -0.1) is 11.3 Å². The van der Waals surface area contributed by atoms with Gasteiger partial charge in [0.1, 0.15) is 0 Å². The van der Waals surface area contributed by atoms with Crippen LogP contribution in [0.4, 0.5) is 0 Å². The van der Waals surface area contributed by atoms with E-state index in [1.807, 2.05) is 18.2 Å². The molecule has 0 saturated heterocycles. The molecule has 1 aromatic heterocycles. The number of ether oxygens (including phenoxy) is 2. The molecule has 108 valence electrons. The van der Waals surface area contributed by atoms with E-state index in [9.17, 15) is 0 Å². The summed E-state index contributed by atoms with van der Waals surface area (Å²) in [4.78, 5) is 2.50. The number of hydrogen-bond donors (Lipinski definition) is 2. The van der Waals surface area contributed by atoms with E-state index in [1.54, 1.807) is 25.6 Å². The molecule has 0 bridgehead atoms. The van der Waals surface area contributed by atoms with E-state index >= 15 is 0 Å². The molecule has 0 spiro atoms. The number of benzene rings is 1. The van der Waals surface area contributed by atoms with Gasteiger partial charge in [-0.05, 0) is 43.2 Å². The Morgan fingerprint density at radius 1 is 1.10 bits per heavy atom. The maximum atomic E-state index is 5.74. The van der Waals surface area contributed by atoms with Crippen LogP contribution in [-0.4, -0.2) is 14.2 Å². The number of aryl methyl sites for hydroxylation is 2. The van der Waals surface area contributed by atoms with Crippen molar-refractivity contribution in [2.75, 3.05) is 14.2 Å². The molecular formula is C15H20N2O2S. The molecule has 3 N–H and O–H groups in total. The zero-order chi connectivity index (χ0) is 14.7. The summed E-state index contributed by atoms with van der Waals surface area (Å²) in [6.07, 6.45) is 0. The molecule has 0 aliphatic rings. The minimum atomic E-state index is -0.0489. The number of nitrogens with one attached hydrogen (secondary N) is 1. The smallest absolute Gasteiger partial charge is 0.161 e. The molecule has 2 aromatic rings. The number of hydrogen-bond acceptors (Lipinski definition) is 5. The lowest BCUT2D eigenvalue weighted by Gasteiger charge is -2.17. The van der Waals surface area contributed by atoms with Crippen LogP contribution in [0.5, 0.6) is 11.5 Å². The average Bonchev–Trinajstić information content (AvgIpc) is 2.79. The van der Waals surface area contributed by atoms with Gasteiger partial charge in [0.05, 0.1) is 20.3 Å². The molecular weight excluding hydrogens is 272 g/mol. The van der Waals surface area contributed by atoms with E-state index in [2.05, 4.69) is 25.3 Å². The molecule has 0 amide bonds. The second-order valence-corrected chi connectivity index (χ2v) is 5.89. The normalized spacial score (nSPS) is 12.2. The molecule has 0 aliphatic carbocycles. The first-order chi connectivity index (χ1) is 9.60. The predicted octanol–water partition coefficient (Wildman–Crippen LogP) is 2.93. The summed E-state index contributed by atoms with van der Waals surface area (Å²) in [5, 5.41) is 0. The first kappa shape index (κ1) is 14.8. The van der Waals surface area contributed by atoms with Crippen molar-refractivity contribution in [3.63, 3.8) is 0 Å². The fraction of sp³-hybridized carbons (Fsp3) is 0.333. The molecule has 2 rings (SSSR count). The second kappa shape index (κ2) is 6.26. The fourth-order valence-electron chi connectivity index (χ4n) is 2.12. The number of nitrogens with two attached hydrogens (primary N) is 1. The van der Waals surface area contributed by atoms with Crippen molar-refractivity contribution in [3.8, 4) is 11.5 Å². The Bertz CT molecular complexity index is 576. The molecule has 0 saturated carbocycles. The van der Waals surface area contributed by atoms with Gasteiger partial charge in [0, 0.05) is 9.75 Å². The summed E-state index contributed by atoms with van der Waals surface area (Å²) in [6.45, 7) is 4.23. The van der Waals surface area contributed by atoms with E-state index in [-0.39, 0.29) is 6.04 Å². The molecule has 5 heteroatoms. The van der Waals surface area contributed by atoms with Crippen LogP contribution in [-0.2, 0) is 0 Å². The third-order valence-electron chi connectivity index (χ3n) is 3.38. The molecule has 1 aromatic carbocycles. The Morgan fingerprint density at radius 3 is 2.30 bits per heavy atom. The van der Waals surface area contributed by atoms with Crippen molar-refractivity contribution in [1.82, 2.24) is 5.43 Å². The van der Waals surface area contributed by atoms with E-state index < -0.39 is 0 Å². The van der Waals surface area contributed by atoms with Crippen LogP contribution in [0.3, 0.4) is 0 Å². The summed E-state index contributed by atoms with van der Waals surface area (Å²) in [5.41, 5.74) is 5.21. The van der Waals surface area contributed by atoms with Gasteiger partial charge in [0.15, 0.2) is 11.5 Å². The monoisotopic (exact) mass is 292 g/mol. The quantitative estimate of drug-likeness (QED) is 0.657. The van der Waals surface area contributed by atoms with Crippen LogP contribution in [0.1, 0.15) is 26.9 Å². The molecule has 4 nitrogen and oxygen atoms in total. The molecule has 1 unspecified atom stereocenters. The summed E-state index contributed by atoms with van der Waals surface area (Å²) in [5.74, 6) is 7.16. The van der Waals surface area contributed by atoms with Gasteiger partial charge in [0.25, 0.3) is 0 Å². The molecule has 0 fully saturated rings. The highest BCUT2D eigenvalue weighted by molar-refractivity contribution is 7.12. The minimum Gasteiger partial charge on any atom is -0.493 e. The Hall–Kier alpha value is -1.56. The van der Waals surface area contributed by atoms with Gasteiger partial charge in [-0.3, -0.25) is 5.84 Å². The summed E-state index contributed by atoms with van der Waals surface area (Å²) in [7, 11) is 3.26. The van der Waals surface area contributed by atoms with Crippen LogP contribution in [0.15, 0.2) is 24.3 Å². The average molecular weight is 292 g/mol. The van der Waals surface area contributed by atoms with Gasteiger partial charge in [-0.1, -0.05) is 6.07 Å². The first-order valence-electron chi connectivity index (χ1n) is 6.35. The Morgan fingerprint density at radius 2 is 1.80 bits per heavy atom. The molecule has 0 radical (unpaired) electrons. The standard InChI is InChI=1S/C15H20N2O2S/c1-9-7-14(20-10(9)2)15(17-16)11-5-6-12(18-3)13(8-11)19-4/h5-8,15,17H,16H2,1-4H3. The number of rotatable bonds is 5. The van der Waals surface area contributed by atoms with Crippen LogP contribution in [0.25, 0.3) is 0 Å². The van der Waals surface area contributed by atoms with E-state index in [1.165, 1.54) is 15.3 Å². The van der Waals surface area contributed by atoms with Crippen LogP contribution in [0, 0.1) is 13.8 Å². The van der Waals surface area contributed by atoms with Gasteiger partial charge in [-0.25, -0.2) is 5.43 Å². The Kier molecular flexibility index (Phi) is 4.65. The number of hydrazine groups is 1. The highest BCUT2D eigenvalue weighted by Gasteiger charge is 2.17. The maximum Gasteiger partial charge on any atom is 0.161 e. The van der Waals surface area contributed by atoms with E-state index in [4.69, 9.17) is 15.3 Å². The van der Waals surface area contributed by atoms with Crippen molar-refractivity contribution >= 4 is 11.3 Å². The van der Waals surface area contributed by atoms with E-state index in [0.717, 1.165) is 5.56 Å². The fourth-order valence-corrected chi connectivity index (χ4v) is 3.25. The lowest BCUT2D eigenvalue weighted by atomic mass is 10.0. The Labute approximate surface area is 123 Å². The Balaban J connectivity index is 2.41. The molecule has 0 aliphatic heterocycles. The highest BCUT2D eigenvalue weighted by atomic mass is 32.1. The van der Waals surface area contributed by atoms with E-state index in [0.29, 0.717) is 11.5 Å². The lowest BCUT2D eigenvalue weighted by molar-refractivity contribution is 0.354. The van der Waals surface area contributed by atoms with Crippen molar-refractivity contribution in [2.24, 2.45) is 5.84 Å². The van der Waals surface area contributed by atoms with Crippen LogP contribution in [0.2, 0.25) is 0 Å². The molecule has 20 heavy (non-hydrogen) atoms. The minimum absolute atomic E-state index is 0.0489. The number of methoxy groups -OCH3 is 2. The zero-order valence-corrected chi connectivity index (χ0v) is 13.0. The highest BCUT2D eigenvalue weighted by Crippen LogP contribution is 2.35. The second-order valence-electron chi connectivity index (χ2n) is 4.60. The van der Waals surface area contributed by atoms with Gasteiger partial charge >= 0.3 is 0 Å². The summed E-state index contributed by atoms with van der Waals surface area (Å²) >= 11 is 1.75. The van der Waals surface area contributed by atoms with Crippen LogP contribution >= 0.6 is 11.3 Å². The topological polar surface area (TPSA) is 56.5 Å². The van der Waals surface area contributed by atoms with Crippen molar-refractivity contribution in [1.29, 1.82) is 0 Å². The van der Waals surface area contributed by atoms with Crippen LogP contribution < -0.4 is 20.7 Å². The summed E-state index contributed by atoms with van der Waals surface area (Å²) < 4.78 is 10.6. The van der Waals surface area contributed by atoms with Gasteiger partial charge < -0.3 is 9.47 Å². The van der Waals surface area contributed by atoms with Gasteiger partial charge in [0.2, 0.25) is 0 Å². The largest absolute Gasteiger partial charge is 0.493 e. The van der Waals surface area contributed by atoms with Crippen molar-refractivity contribution in [3.05, 3.63) is 45.1 Å². The predicted molar refractivity (Wildman–Crippen MR) is 82.5 cm³/mol. The molecule has 1 atom stereocenters. The SMILES string of the molecule is COc1ccc(C(NN)c2cc(C)c(C)s2)cc1OC.